The molecule has 6 heteroatoms. The summed E-state index contributed by atoms with van der Waals surface area (Å²) in [5, 5.41) is 11.9. The molecular weight excluding hydrogens is 350 g/mol. The highest BCUT2D eigenvalue weighted by Crippen LogP contribution is 2.15. The number of aliphatic hydroxyl groups is 1. The largest absolute Gasteiger partial charge is 0.396 e. The standard InChI is InChI=1S/C21H26F2N2O2/c1-2-25(12-7-13-26)21(27)24-18(14-16-8-3-5-10-19(16)22)15-17-9-4-6-11-20(17)23/h3-6,8-11,18,26H,2,7,12-15H2,1H3,(H,24,27). The van der Waals surface area contributed by atoms with Gasteiger partial charge in [-0.2, -0.15) is 0 Å². The summed E-state index contributed by atoms with van der Waals surface area (Å²) in [6.45, 7) is 2.75. The molecule has 0 aliphatic heterocycles. The van der Waals surface area contributed by atoms with Crippen LogP contribution in [0.25, 0.3) is 0 Å². The van der Waals surface area contributed by atoms with E-state index in [1.807, 2.05) is 6.92 Å². The fourth-order valence-corrected chi connectivity index (χ4v) is 2.96. The summed E-state index contributed by atoms with van der Waals surface area (Å²) in [6, 6.07) is 12.0. The third-order valence-corrected chi connectivity index (χ3v) is 4.43. The number of nitrogens with zero attached hydrogens (tertiary/aromatic N) is 1. The Hall–Kier alpha value is -2.47. The lowest BCUT2D eigenvalue weighted by Crippen LogP contribution is -2.47. The number of hydrogen-bond acceptors (Lipinski definition) is 2. The molecule has 4 nitrogen and oxygen atoms in total. The van der Waals surface area contributed by atoms with E-state index in [-0.39, 0.29) is 37.1 Å². The molecule has 2 rings (SSSR count). The van der Waals surface area contributed by atoms with Gasteiger partial charge in [-0.15, -0.1) is 0 Å². The van der Waals surface area contributed by atoms with Crippen molar-refractivity contribution in [2.24, 2.45) is 0 Å². The Morgan fingerprint density at radius 3 is 2.00 bits per heavy atom. The molecule has 2 amide bonds. The molecule has 0 spiro atoms. The Bertz CT molecular complexity index is 692. The second-order valence-electron chi connectivity index (χ2n) is 6.39. The summed E-state index contributed by atoms with van der Waals surface area (Å²) < 4.78 is 28.1. The van der Waals surface area contributed by atoms with Gasteiger partial charge in [0.05, 0.1) is 0 Å². The van der Waals surface area contributed by atoms with Gasteiger partial charge in [0.2, 0.25) is 0 Å². The number of carbonyl (C=O) groups excluding carboxylic acids is 1. The minimum atomic E-state index is -0.463. The second kappa shape index (κ2) is 10.6. The molecule has 0 aliphatic rings. The number of urea groups is 1. The average molecular weight is 376 g/mol. The van der Waals surface area contributed by atoms with Crippen LogP contribution in [0.15, 0.2) is 48.5 Å². The summed E-state index contributed by atoms with van der Waals surface area (Å²) in [7, 11) is 0. The smallest absolute Gasteiger partial charge is 0.317 e. The number of rotatable bonds is 9. The average Bonchev–Trinajstić information content (AvgIpc) is 2.66. The van der Waals surface area contributed by atoms with Crippen LogP contribution in [0.5, 0.6) is 0 Å². The van der Waals surface area contributed by atoms with E-state index in [0.717, 1.165) is 0 Å². The van der Waals surface area contributed by atoms with Gasteiger partial charge in [0, 0.05) is 25.7 Å². The summed E-state index contributed by atoms with van der Waals surface area (Å²) in [6.07, 6.45) is 0.987. The number of benzene rings is 2. The van der Waals surface area contributed by atoms with Crippen molar-refractivity contribution >= 4 is 6.03 Å². The zero-order valence-electron chi connectivity index (χ0n) is 15.5. The van der Waals surface area contributed by atoms with Gasteiger partial charge in [-0.25, -0.2) is 13.6 Å². The van der Waals surface area contributed by atoms with Crippen molar-refractivity contribution in [1.29, 1.82) is 0 Å². The molecule has 0 atom stereocenters. The Morgan fingerprint density at radius 2 is 1.56 bits per heavy atom. The molecule has 0 aliphatic carbocycles. The maximum atomic E-state index is 14.1. The number of amides is 2. The molecule has 0 unspecified atom stereocenters. The van der Waals surface area contributed by atoms with Gasteiger partial charge in [0.1, 0.15) is 11.6 Å². The Morgan fingerprint density at radius 1 is 1.04 bits per heavy atom. The second-order valence-corrected chi connectivity index (χ2v) is 6.39. The normalized spacial score (nSPS) is 10.9. The van der Waals surface area contributed by atoms with Gasteiger partial charge in [-0.05, 0) is 49.4 Å². The molecule has 146 valence electrons. The number of hydrogen-bond donors (Lipinski definition) is 2. The van der Waals surface area contributed by atoms with Crippen molar-refractivity contribution in [1.82, 2.24) is 10.2 Å². The van der Waals surface area contributed by atoms with Crippen molar-refractivity contribution in [2.45, 2.75) is 32.2 Å². The lowest BCUT2D eigenvalue weighted by molar-refractivity contribution is 0.188. The predicted molar refractivity (Wildman–Crippen MR) is 101 cm³/mol. The van der Waals surface area contributed by atoms with E-state index in [1.54, 1.807) is 41.3 Å². The van der Waals surface area contributed by atoms with Crippen molar-refractivity contribution in [3.05, 3.63) is 71.3 Å². The molecule has 0 saturated heterocycles. The summed E-state index contributed by atoms with van der Waals surface area (Å²) in [5.74, 6) is -0.698. The summed E-state index contributed by atoms with van der Waals surface area (Å²) >= 11 is 0. The van der Waals surface area contributed by atoms with E-state index in [1.165, 1.54) is 12.1 Å². The van der Waals surface area contributed by atoms with Crippen molar-refractivity contribution in [3.8, 4) is 0 Å². The van der Waals surface area contributed by atoms with Gasteiger partial charge in [0.15, 0.2) is 0 Å². The first-order chi connectivity index (χ1) is 13.0. The highest BCUT2D eigenvalue weighted by Gasteiger charge is 2.20. The van der Waals surface area contributed by atoms with Gasteiger partial charge >= 0.3 is 6.03 Å². The zero-order valence-corrected chi connectivity index (χ0v) is 15.5. The molecule has 0 fully saturated rings. The first-order valence-electron chi connectivity index (χ1n) is 9.18. The van der Waals surface area contributed by atoms with Crippen LogP contribution < -0.4 is 5.32 Å². The van der Waals surface area contributed by atoms with Crippen LogP contribution in [0.1, 0.15) is 24.5 Å². The van der Waals surface area contributed by atoms with Gasteiger partial charge in [-0.3, -0.25) is 0 Å². The molecule has 27 heavy (non-hydrogen) atoms. The van der Waals surface area contributed by atoms with Crippen LogP contribution in [-0.2, 0) is 12.8 Å². The third-order valence-electron chi connectivity index (χ3n) is 4.43. The number of halogens is 2. The molecule has 0 aromatic heterocycles. The first-order valence-corrected chi connectivity index (χ1v) is 9.18. The minimum absolute atomic E-state index is 0.00232. The van der Waals surface area contributed by atoms with Crippen molar-refractivity contribution < 1.29 is 18.7 Å². The summed E-state index contributed by atoms with van der Waals surface area (Å²) in [4.78, 5) is 14.2. The van der Waals surface area contributed by atoms with Crippen LogP contribution in [0.3, 0.4) is 0 Å². The van der Waals surface area contributed by atoms with Crippen LogP contribution in [0.2, 0.25) is 0 Å². The van der Waals surface area contributed by atoms with E-state index in [0.29, 0.717) is 30.6 Å². The fourth-order valence-electron chi connectivity index (χ4n) is 2.96. The first kappa shape index (κ1) is 20.8. The highest BCUT2D eigenvalue weighted by molar-refractivity contribution is 5.74. The number of nitrogens with one attached hydrogen (secondary N) is 1. The maximum Gasteiger partial charge on any atom is 0.317 e. The van der Waals surface area contributed by atoms with E-state index in [2.05, 4.69) is 5.32 Å². The minimum Gasteiger partial charge on any atom is -0.396 e. The number of carbonyl (C=O) groups is 1. The zero-order chi connectivity index (χ0) is 19.6. The van der Waals surface area contributed by atoms with Crippen LogP contribution >= 0.6 is 0 Å². The van der Waals surface area contributed by atoms with Crippen LogP contribution in [0.4, 0.5) is 13.6 Å². The van der Waals surface area contributed by atoms with Crippen molar-refractivity contribution in [3.63, 3.8) is 0 Å². The van der Waals surface area contributed by atoms with Crippen LogP contribution in [-0.4, -0.2) is 41.8 Å². The Labute approximate surface area is 158 Å². The van der Waals surface area contributed by atoms with Crippen LogP contribution in [0, 0.1) is 11.6 Å². The molecule has 2 aromatic rings. The maximum absolute atomic E-state index is 14.1. The quantitative estimate of drug-likeness (QED) is 0.703. The summed E-state index contributed by atoms with van der Waals surface area (Å²) in [5.41, 5.74) is 0.940. The molecule has 0 bridgehead atoms. The van der Waals surface area contributed by atoms with Crippen molar-refractivity contribution in [2.75, 3.05) is 19.7 Å². The predicted octanol–water partition coefficient (Wildman–Crippen LogP) is 3.53. The Balaban J connectivity index is 2.17. The Kier molecular flexibility index (Phi) is 8.20. The molecule has 0 saturated carbocycles. The van der Waals surface area contributed by atoms with E-state index >= 15 is 0 Å². The monoisotopic (exact) mass is 376 g/mol. The molecule has 0 radical (unpaired) electrons. The third kappa shape index (κ3) is 6.32. The van der Waals surface area contributed by atoms with E-state index in [9.17, 15) is 13.6 Å². The highest BCUT2D eigenvalue weighted by atomic mass is 19.1. The van der Waals surface area contributed by atoms with Gasteiger partial charge in [0.25, 0.3) is 0 Å². The number of aliphatic hydroxyl groups excluding tert-OH is 1. The van der Waals surface area contributed by atoms with E-state index < -0.39 is 6.04 Å². The van der Waals surface area contributed by atoms with Gasteiger partial charge in [-0.1, -0.05) is 36.4 Å². The fraction of sp³-hybridized carbons (Fsp3) is 0.381. The molecule has 2 aromatic carbocycles. The van der Waals surface area contributed by atoms with Gasteiger partial charge < -0.3 is 15.3 Å². The molecule has 0 heterocycles. The molecule has 2 N–H and O–H groups in total. The molecular formula is C21H26F2N2O2. The SMILES string of the molecule is CCN(CCCO)C(=O)NC(Cc1ccccc1F)Cc1ccccc1F. The van der Waals surface area contributed by atoms with E-state index in [4.69, 9.17) is 5.11 Å². The lowest BCUT2D eigenvalue weighted by atomic mass is 9.98. The topological polar surface area (TPSA) is 52.6 Å². The lowest BCUT2D eigenvalue weighted by Gasteiger charge is -2.26.